The fourth-order valence-electron chi connectivity index (χ4n) is 2.79. The van der Waals surface area contributed by atoms with E-state index in [1.54, 1.807) is 6.92 Å². The van der Waals surface area contributed by atoms with Gasteiger partial charge in [-0.25, -0.2) is 4.79 Å². The molecule has 0 N–H and O–H groups in total. The molecular formula is C16H26O4. The highest BCUT2D eigenvalue weighted by Crippen LogP contribution is 2.40. The number of carbonyl (C=O) groups is 2. The molecule has 0 radical (unpaired) electrons. The second-order valence-corrected chi connectivity index (χ2v) is 5.83. The number of carbonyl (C=O) groups excluding carboxylic acids is 2. The van der Waals surface area contributed by atoms with Crippen LogP contribution in [0.5, 0.6) is 0 Å². The highest BCUT2D eigenvalue weighted by molar-refractivity contribution is 5.88. The lowest BCUT2D eigenvalue weighted by atomic mass is 9.76. The molecule has 0 aliphatic carbocycles. The van der Waals surface area contributed by atoms with E-state index in [4.69, 9.17) is 9.47 Å². The van der Waals surface area contributed by atoms with Crippen LogP contribution in [0.1, 0.15) is 54.4 Å². The highest BCUT2D eigenvalue weighted by Gasteiger charge is 2.50. The lowest BCUT2D eigenvalue weighted by Gasteiger charge is -2.40. The first-order chi connectivity index (χ1) is 9.30. The number of hydrogen-bond acceptors (Lipinski definition) is 4. The summed E-state index contributed by atoms with van der Waals surface area (Å²) in [5, 5.41) is 0. The first-order valence-electron chi connectivity index (χ1n) is 7.42. The van der Waals surface area contributed by atoms with Crippen molar-refractivity contribution in [2.45, 2.75) is 60.0 Å². The summed E-state index contributed by atoms with van der Waals surface area (Å²) < 4.78 is 10.9. The number of ether oxygens (including phenoxy) is 2. The average Bonchev–Trinajstić information content (AvgIpc) is 2.39. The first-order valence-corrected chi connectivity index (χ1v) is 7.42. The van der Waals surface area contributed by atoms with Gasteiger partial charge in [-0.15, -0.1) is 0 Å². The molecule has 20 heavy (non-hydrogen) atoms. The summed E-state index contributed by atoms with van der Waals surface area (Å²) >= 11 is 0. The Morgan fingerprint density at radius 2 is 1.85 bits per heavy atom. The van der Waals surface area contributed by atoms with E-state index in [0.717, 1.165) is 11.1 Å². The van der Waals surface area contributed by atoms with E-state index in [1.807, 2.05) is 20.8 Å². The number of hydrogen-bond donors (Lipinski definition) is 0. The Hall–Kier alpha value is -1.32. The molecule has 0 saturated heterocycles. The van der Waals surface area contributed by atoms with Crippen molar-refractivity contribution in [1.82, 2.24) is 0 Å². The molecule has 0 aromatic carbocycles. The molecule has 4 heteroatoms. The maximum atomic E-state index is 12.3. The van der Waals surface area contributed by atoms with Gasteiger partial charge in [0.15, 0.2) is 0 Å². The van der Waals surface area contributed by atoms with Crippen LogP contribution in [0.2, 0.25) is 0 Å². The van der Waals surface area contributed by atoms with Crippen LogP contribution in [0.4, 0.5) is 0 Å². The number of esters is 2. The molecule has 0 fully saturated rings. The zero-order chi connectivity index (χ0) is 15.5. The molecule has 0 aromatic heterocycles. The maximum absolute atomic E-state index is 12.3. The fourth-order valence-corrected chi connectivity index (χ4v) is 2.79. The smallest absolute Gasteiger partial charge is 0.355 e. The van der Waals surface area contributed by atoms with Gasteiger partial charge in [-0.3, -0.25) is 4.79 Å². The quantitative estimate of drug-likeness (QED) is 0.573. The summed E-state index contributed by atoms with van der Waals surface area (Å²) in [4.78, 5) is 24.1. The summed E-state index contributed by atoms with van der Waals surface area (Å²) in [7, 11) is 0. The highest BCUT2D eigenvalue weighted by atomic mass is 16.6. The minimum absolute atomic E-state index is 0.129. The Morgan fingerprint density at radius 1 is 1.25 bits per heavy atom. The minimum Gasteiger partial charge on any atom is -0.458 e. The first kappa shape index (κ1) is 16.7. The third kappa shape index (κ3) is 2.89. The van der Waals surface area contributed by atoms with E-state index < -0.39 is 11.6 Å². The summed E-state index contributed by atoms with van der Waals surface area (Å²) in [6.07, 6.45) is 0.652. The summed E-state index contributed by atoms with van der Waals surface area (Å²) in [6.45, 7) is 12.1. The van der Waals surface area contributed by atoms with E-state index in [0.29, 0.717) is 13.0 Å². The summed E-state index contributed by atoms with van der Waals surface area (Å²) in [6, 6.07) is 0. The van der Waals surface area contributed by atoms with Crippen LogP contribution in [-0.4, -0.2) is 24.1 Å². The van der Waals surface area contributed by atoms with Crippen molar-refractivity contribution >= 4 is 11.9 Å². The predicted molar refractivity (Wildman–Crippen MR) is 77.1 cm³/mol. The van der Waals surface area contributed by atoms with Gasteiger partial charge in [-0.2, -0.15) is 0 Å². The van der Waals surface area contributed by atoms with Gasteiger partial charge >= 0.3 is 11.9 Å². The van der Waals surface area contributed by atoms with Crippen LogP contribution >= 0.6 is 0 Å². The van der Waals surface area contributed by atoms with E-state index in [1.165, 1.54) is 0 Å². The Bertz CT molecular complexity index is 420. The minimum atomic E-state index is -1.24. The van der Waals surface area contributed by atoms with E-state index in [9.17, 15) is 9.59 Å². The van der Waals surface area contributed by atoms with Gasteiger partial charge in [-0.05, 0) is 29.4 Å². The topological polar surface area (TPSA) is 52.6 Å². The van der Waals surface area contributed by atoms with Crippen molar-refractivity contribution in [2.75, 3.05) is 6.61 Å². The Morgan fingerprint density at radius 3 is 2.25 bits per heavy atom. The normalized spacial score (nSPS) is 23.3. The molecule has 1 aliphatic heterocycles. The van der Waals surface area contributed by atoms with Crippen molar-refractivity contribution < 1.29 is 19.1 Å². The zero-order valence-electron chi connectivity index (χ0n) is 13.4. The van der Waals surface area contributed by atoms with Gasteiger partial charge in [0.2, 0.25) is 5.60 Å². The lowest BCUT2D eigenvalue weighted by molar-refractivity contribution is -0.181. The van der Waals surface area contributed by atoms with Crippen LogP contribution < -0.4 is 0 Å². The molecule has 0 bridgehead atoms. The molecule has 0 saturated carbocycles. The van der Waals surface area contributed by atoms with Gasteiger partial charge in [0.1, 0.15) is 6.61 Å². The zero-order valence-corrected chi connectivity index (χ0v) is 13.4. The standard InChI is InChI=1S/C16H26O4/c1-7-13(17)20-16(8-2)14(11(5)6)12(10(3)4)9-19-15(16)18/h10-11H,7-9H2,1-6H3/t16-/m0/s1. The van der Waals surface area contributed by atoms with Crippen LogP contribution in [-0.2, 0) is 19.1 Å². The molecule has 0 aromatic rings. The van der Waals surface area contributed by atoms with Crippen molar-refractivity contribution in [2.24, 2.45) is 11.8 Å². The third-order valence-electron chi connectivity index (χ3n) is 3.82. The largest absolute Gasteiger partial charge is 0.458 e. The Kier molecular flexibility index (Phi) is 5.37. The van der Waals surface area contributed by atoms with Crippen molar-refractivity contribution in [3.63, 3.8) is 0 Å². The fraction of sp³-hybridized carbons (Fsp3) is 0.750. The van der Waals surface area contributed by atoms with E-state index in [-0.39, 0.29) is 24.2 Å². The Balaban J connectivity index is 3.44. The molecule has 1 aliphatic rings. The SMILES string of the molecule is CCC(=O)O[C@]1(CC)C(=O)OCC(C(C)C)=C1C(C)C. The summed E-state index contributed by atoms with van der Waals surface area (Å²) in [5.41, 5.74) is 0.762. The van der Waals surface area contributed by atoms with Crippen molar-refractivity contribution in [3.05, 3.63) is 11.1 Å². The molecule has 0 unspecified atom stereocenters. The molecule has 114 valence electrons. The number of cyclic esters (lactones) is 1. The average molecular weight is 282 g/mol. The molecule has 1 atom stereocenters. The van der Waals surface area contributed by atoms with Crippen LogP contribution in [0.15, 0.2) is 11.1 Å². The molecule has 1 heterocycles. The molecular weight excluding hydrogens is 256 g/mol. The van der Waals surface area contributed by atoms with Gasteiger partial charge in [0, 0.05) is 6.42 Å². The van der Waals surface area contributed by atoms with E-state index in [2.05, 4.69) is 13.8 Å². The molecule has 4 nitrogen and oxygen atoms in total. The lowest BCUT2D eigenvalue weighted by Crippen LogP contribution is -2.51. The van der Waals surface area contributed by atoms with E-state index >= 15 is 0 Å². The second kappa shape index (κ2) is 6.42. The van der Waals surface area contributed by atoms with Crippen LogP contribution in [0.3, 0.4) is 0 Å². The van der Waals surface area contributed by atoms with Crippen LogP contribution in [0, 0.1) is 11.8 Å². The molecule has 0 spiro atoms. The predicted octanol–water partition coefficient (Wildman–Crippen LogP) is 3.25. The second-order valence-electron chi connectivity index (χ2n) is 5.83. The molecule has 0 amide bonds. The summed E-state index contributed by atoms with van der Waals surface area (Å²) in [5.74, 6) is -0.418. The molecule has 1 rings (SSSR count). The van der Waals surface area contributed by atoms with Gasteiger partial charge in [-0.1, -0.05) is 41.5 Å². The maximum Gasteiger partial charge on any atom is 0.355 e. The van der Waals surface area contributed by atoms with Crippen molar-refractivity contribution in [1.29, 1.82) is 0 Å². The third-order valence-corrected chi connectivity index (χ3v) is 3.82. The monoisotopic (exact) mass is 282 g/mol. The van der Waals surface area contributed by atoms with Crippen LogP contribution in [0.25, 0.3) is 0 Å². The van der Waals surface area contributed by atoms with Gasteiger partial charge in [0.05, 0.1) is 0 Å². The van der Waals surface area contributed by atoms with Crippen molar-refractivity contribution in [3.8, 4) is 0 Å². The Labute approximate surface area is 121 Å². The van der Waals surface area contributed by atoms with Gasteiger partial charge in [0.25, 0.3) is 0 Å². The van der Waals surface area contributed by atoms with Gasteiger partial charge < -0.3 is 9.47 Å². The number of rotatable bonds is 5.